The molecule has 0 bridgehead atoms. The summed E-state index contributed by atoms with van der Waals surface area (Å²) in [6.45, 7) is 4.15. The second-order valence-corrected chi connectivity index (χ2v) is 12.9. The number of aromatic nitrogens is 3. The molecular weight excluding hydrogens is 622 g/mol. The lowest BCUT2D eigenvalue weighted by atomic mass is 9.83. The van der Waals surface area contributed by atoms with E-state index in [9.17, 15) is 39.9 Å². The van der Waals surface area contributed by atoms with Gasteiger partial charge in [0.25, 0.3) is 0 Å². The van der Waals surface area contributed by atoms with Crippen molar-refractivity contribution in [3.05, 3.63) is 6.20 Å². The predicted octanol–water partition coefficient (Wildman–Crippen LogP) is 0.812. The molecule has 0 unspecified atom stereocenters. The molecule has 1 fully saturated rings. The van der Waals surface area contributed by atoms with Gasteiger partial charge in [-0.1, -0.05) is 70.4 Å². The van der Waals surface area contributed by atoms with Gasteiger partial charge in [-0.25, -0.2) is 4.68 Å². The molecule has 1 aliphatic carbocycles. The average molecular weight is 676 g/mol. The second-order valence-electron chi connectivity index (χ2n) is 11.8. The third-order valence-corrected chi connectivity index (χ3v) is 9.00. The van der Waals surface area contributed by atoms with Crippen molar-refractivity contribution in [3.8, 4) is 0 Å². The fourth-order valence-electron chi connectivity index (χ4n) is 4.99. The van der Waals surface area contributed by atoms with Crippen LogP contribution in [0.25, 0.3) is 0 Å². The Morgan fingerprint density at radius 3 is 1.98 bits per heavy atom. The molecule has 16 heteroatoms. The first-order chi connectivity index (χ1) is 22.0. The number of thioether (sulfide) groups is 1. The van der Waals surface area contributed by atoms with E-state index < -0.39 is 54.6 Å². The van der Waals surface area contributed by atoms with Crippen molar-refractivity contribution in [2.75, 3.05) is 23.4 Å². The molecule has 2 rings (SSSR count). The van der Waals surface area contributed by atoms with Crippen LogP contribution in [0.1, 0.15) is 96.9 Å². The van der Waals surface area contributed by atoms with Crippen LogP contribution in [-0.2, 0) is 23.9 Å². The quantitative estimate of drug-likeness (QED) is 0.0665. The zero-order valence-corrected chi connectivity index (χ0v) is 27.7. The molecular formula is C30H53N5O10S. The minimum absolute atomic E-state index is 0.0627. The molecule has 0 aliphatic heterocycles. The lowest BCUT2D eigenvalue weighted by Crippen LogP contribution is -2.61. The lowest BCUT2D eigenvalue weighted by Gasteiger charge is -2.41. The van der Waals surface area contributed by atoms with Gasteiger partial charge in [0.15, 0.2) is 5.82 Å². The van der Waals surface area contributed by atoms with Crippen molar-refractivity contribution in [3.63, 3.8) is 0 Å². The summed E-state index contributed by atoms with van der Waals surface area (Å²) in [7, 11) is 0. The van der Waals surface area contributed by atoms with Gasteiger partial charge in [0.05, 0.1) is 12.2 Å². The Morgan fingerprint density at radius 2 is 1.39 bits per heavy atom. The SMILES string of the molecule is CCCCCCCC(=O)OC[C@H](CSC[C@@H](N)C(=O)Nc1cn([C@@H]2[C@H](O)[C@H](O)[C@@H](O)[C@H](O)[C@H]2O)nn1)OC(=O)CCCCCCC. The van der Waals surface area contributed by atoms with Crippen LogP contribution in [0, 0.1) is 0 Å². The number of aliphatic hydroxyl groups excluding tert-OH is 5. The molecule has 0 aromatic carbocycles. The number of esters is 2. The average Bonchev–Trinajstić information content (AvgIpc) is 3.48. The second kappa shape index (κ2) is 21.5. The summed E-state index contributed by atoms with van der Waals surface area (Å²) in [5.74, 6) is -1.02. The zero-order valence-electron chi connectivity index (χ0n) is 26.9. The Labute approximate surface area is 274 Å². The van der Waals surface area contributed by atoms with Crippen LogP contribution < -0.4 is 11.1 Å². The highest BCUT2D eigenvalue weighted by Crippen LogP contribution is 2.30. The smallest absolute Gasteiger partial charge is 0.306 e. The number of carbonyl (C=O) groups excluding carboxylic acids is 3. The molecule has 264 valence electrons. The van der Waals surface area contributed by atoms with Gasteiger partial charge >= 0.3 is 11.9 Å². The molecule has 0 saturated heterocycles. The number of nitrogens with two attached hydrogens (primary N) is 1. The molecule has 1 aromatic heterocycles. The summed E-state index contributed by atoms with van der Waals surface area (Å²) in [6, 6.07) is -2.36. The number of anilines is 1. The number of ether oxygens (including phenoxy) is 2. The van der Waals surface area contributed by atoms with E-state index in [2.05, 4.69) is 29.5 Å². The molecule has 8 atom stereocenters. The number of aliphatic hydroxyl groups is 5. The Balaban J connectivity index is 1.86. The summed E-state index contributed by atoms with van der Waals surface area (Å²) in [4.78, 5) is 37.4. The fourth-order valence-corrected chi connectivity index (χ4v) is 5.96. The van der Waals surface area contributed by atoms with Crippen molar-refractivity contribution in [1.82, 2.24) is 15.0 Å². The highest BCUT2D eigenvalue weighted by molar-refractivity contribution is 7.99. The zero-order chi connectivity index (χ0) is 34.1. The number of rotatable bonds is 22. The Hall–Kier alpha value is -2.34. The monoisotopic (exact) mass is 675 g/mol. The fraction of sp³-hybridized carbons (Fsp3) is 0.833. The van der Waals surface area contributed by atoms with E-state index in [0.29, 0.717) is 12.8 Å². The molecule has 1 amide bonds. The number of hydrogen-bond donors (Lipinski definition) is 7. The van der Waals surface area contributed by atoms with Crippen molar-refractivity contribution in [2.45, 2.75) is 140 Å². The van der Waals surface area contributed by atoms with Crippen LogP contribution in [0.5, 0.6) is 0 Å². The minimum atomic E-state index is -1.76. The molecule has 1 aromatic rings. The van der Waals surface area contributed by atoms with Crippen LogP contribution in [0.3, 0.4) is 0 Å². The normalized spacial score (nSPS) is 24.3. The number of carbonyl (C=O) groups is 3. The summed E-state index contributed by atoms with van der Waals surface area (Å²) in [5, 5.41) is 60.3. The van der Waals surface area contributed by atoms with Gasteiger partial charge < -0.3 is 46.1 Å². The van der Waals surface area contributed by atoms with Crippen molar-refractivity contribution in [2.24, 2.45) is 5.73 Å². The van der Waals surface area contributed by atoms with Crippen LogP contribution >= 0.6 is 11.8 Å². The third-order valence-electron chi connectivity index (χ3n) is 7.80. The molecule has 8 N–H and O–H groups in total. The van der Waals surface area contributed by atoms with Gasteiger partial charge in [0.1, 0.15) is 49.3 Å². The first-order valence-electron chi connectivity index (χ1n) is 16.3. The predicted molar refractivity (Wildman–Crippen MR) is 171 cm³/mol. The number of unbranched alkanes of at least 4 members (excludes halogenated alkanes) is 8. The van der Waals surface area contributed by atoms with Crippen LogP contribution in [0.4, 0.5) is 5.82 Å². The van der Waals surface area contributed by atoms with E-state index >= 15 is 0 Å². The topological polar surface area (TPSA) is 240 Å². The Bertz CT molecular complexity index is 1030. The van der Waals surface area contributed by atoms with E-state index in [1.54, 1.807) is 0 Å². The largest absolute Gasteiger partial charge is 0.462 e. The lowest BCUT2D eigenvalue weighted by molar-refractivity contribution is -0.200. The van der Waals surface area contributed by atoms with Gasteiger partial charge in [0, 0.05) is 24.3 Å². The standard InChI is InChI=1S/C30H53N5O10S/c1-3-5-7-9-11-13-22(36)44-16-19(45-23(37)14-12-10-8-6-4-2)17-46-18-20(31)30(43)32-21-15-35(34-33-21)24-25(38)27(40)29(42)28(41)26(24)39/h15,19-20,24-29,38-42H,3-14,16-18,31H2,1-2H3,(H,32,43)/t19-,20-,24-,25+,26+,27+,28-,29-/m1/s1. The summed E-state index contributed by atoms with van der Waals surface area (Å²) < 4.78 is 12.0. The van der Waals surface area contributed by atoms with Gasteiger partial charge in [-0.15, -0.1) is 5.10 Å². The molecule has 0 spiro atoms. The molecule has 0 radical (unpaired) electrons. The number of nitrogens with zero attached hydrogens (tertiary/aromatic N) is 3. The number of hydrogen-bond acceptors (Lipinski definition) is 14. The van der Waals surface area contributed by atoms with E-state index in [1.165, 1.54) is 18.0 Å². The highest BCUT2D eigenvalue weighted by Gasteiger charge is 2.49. The van der Waals surface area contributed by atoms with E-state index in [-0.39, 0.29) is 42.3 Å². The van der Waals surface area contributed by atoms with Crippen molar-refractivity contribution < 1.29 is 49.4 Å². The third kappa shape index (κ3) is 13.4. The van der Waals surface area contributed by atoms with Gasteiger partial charge in [0.2, 0.25) is 5.91 Å². The highest BCUT2D eigenvalue weighted by atomic mass is 32.2. The number of amides is 1. The minimum Gasteiger partial charge on any atom is -0.462 e. The molecule has 1 heterocycles. The summed E-state index contributed by atoms with van der Waals surface area (Å²) in [5.41, 5.74) is 6.06. The van der Waals surface area contributed by atoms with E-state index in [1.807, 2.05) is 0 Å². The first-order valence-corrected chi connectivity index (χ1v) is 17.5. The van der Waals surface area contributed by atoms with E-state index in [4.69, 9.17) is 15.2 Å². The number of nitrogens with one attached hydrogen (secondary N) is 1. The molecule has 46 heavy (non-hydrogen) atoms. The van der Waals surface area contributed by atoms with Crippen LogP contribution in [0.2, 0.25) is 0 Å². The molecule has 1 saturated carbocycles. The molecule has 1 aliphatic rings. The first kappa shape index (κ1) is 39.8. The van der Waals surface area contributed by atoms with Gasteiger partial charge in [-0.2, -0.15) is 11.8 Å². The van der Waals surface area contributed by atoms with Crippen molar-refractivity contribution >= 4 is 35.4 Å². The van der Waals surface area contributed by atoms with E-state index in [0.717, 1.165) is 62.5 Å². The van der Waals surface area contributed by atoms with Gasteiger partial charge in [-0.05, 0) is 12.8 Å². The van der Waals surface area contributed by atoms with Crippen molar-refractivity contribution in [1.29, 1.82) is 0 Å². The summed E-state index contributed by atoms with van der Waals surface area (Å²) >= 11 is 1.25. The molecule has 15 nitrogen and oxygen atoms in total. The Morgan fingerprint density at radius 1 is 0.848 bits per heavy atom. The Kier molecular flexibility index (Phi) is 18.6. The summed E-state index contributed by atoms with van der Waals surface area (Å²) in [6.07, 6.45) is 2.35. The maximum absolute atomic E-state index is 12.7. The maximum atomic E-state index is 12.7. The maximum Gasteiger partial charge on any atom is 0.306 e. The van der Waals surface area contributed by atoms with Crippen LogP contribution in [-0.4, -0.2) is 119 Å². The van der Waals surface area contributed by atoms with Crippen LogP contribution in [0.15, 0.2) is 6.20 Å². The van der Waals surface area contributed by atoms with Gasteiger partial charge in [-0.3, -0.25) is 14.4 Å².